The number of hydrogen-bond acceptors (Lipinski definition) is 6. The van der Waals surface area contributed by atoms with Crippen molar-refractivity contribution in [1.82, 2.24) is 0 Å². The largest absolute Gasteiger partial charge is 0.493 e. The molecule has 1 aliphatic rings. The van der Waals surface area contributed by atoms with Gasteiger partial charge < -0.3 is 10.1 Å². The van der Waals surface area contributed by atoms with Crippen LogP contribution in [0.3, 0.4) is 0 Å². The topological polar surface area (TPSA) is 128 Å². The number of nitrogens with zero attached hydrogens (tertiary/aromatic N) is 1. The number of carbonyl (C=O) groups excluding carboxylic acids is 1. The molecule has 0 aliphatic carbocycles. The fourth-order valence-corrected chi connectivity index (χ4v) is 4.85. The SMILES string of the molecule is CC(C)(C)COc1cc(C=C2C(=O)Nc3ccc(S(=O)(=O)Nc4ccc(C(F)(F)F)cc4)cc32)cc([N+](=O)[O-])c1. The van der Waals surface area contributed by atoms with E-state index >= 15 is 0 Å². The van der Waals surface area contributed by atoms with Gasteiger partial charge >= 0.3 is 6.18 Å². The summed E-state index contributed by atoms with van der Waals surface area (Å²) in [5.41, 5.74) is -0.601. The Balaban J connectivity index is 1.68. The Morgan fingerprint density at radius 2 is 1.70 bits per heavy atom. The number of sulfonamides is 1. The van der Waals surface area contributed by atoms with Gasteiger partial charge in [-0.3, -0.25) is 19.6 Å². The van der Waals surface area contributed by atoms with Crippen LogP contribution in [0.4, 0.5) is 30.2 Å². The van der Waals surface area contributed by atoms with Crippen LogP contribution in [0.5, 0.6) is 5.75 Å². The molecule has 40 heavy (non-hydrogen) atoms. The molecule has 3 aromatic carbocycles. The third-order valence-corrected chi connectivity index (χ3v) is 7.04. The first-order valence-electron chi connectivity index (χ1n) is 11.8. The van der Waals surface area contributed by atoms with Crippen LogP contribution >= 0.6 is 0 Å². The van der Waals surface area contributed by atoms with E-state index in [1.807, 2.05) is 20.8 Å². The molecule has 13 heteroatoms. The highest BCUT2D eigenvalue weighted by Crippen LogP contribution is 2.37. The van der Waals surface area contributed by atoms with Gasteiger partial charge in [0.25, 0.3) is 21.6 Å². The fraction of sp³-hybridized carbons (Fsp3) is 0.222. The monoisotopic (exact) mass is 575 g/mol. The molecule has 210 valence electrons. The van der Waals surface area contributed by atoms with Gasteiger partial charge in [-0.25, -0.2) is 8.42 Å². The van der Waals surface area contributed by atoms with Crippen molar-refractivity contribution in [2.45, 2.75) is 31.8 Å². The van der Waals surface area contributed by atoms with Gasteiger partial charge in [0.1, 0.15) is 5.75 Å². The van der Waals surface area contributed by atoms with E-state index in [2.05, 4.69) is 10.0 Å². The highest BCUT2D eigenvalue weighted by Gasteiger charge is 2.31. The molecule has 1 heterocycles. The number of nitrogens with one attached hydrogen (secondary N) is 2. The number of fused-ring (bicyclic) bond motifs is 1. The van der Waals surface area contributed by atoms with Gasteiger partial charge in [0.05, 0.1) is 28.1 Å². The molecule has 0 fully saturated rings. The average Bonchev–Trinajstić information content (AvgIpc) is 3.16. The molecule has 1 aliphatic heterocycles. The summed E-state index contributed by atoms with van der Waals surface area (Å²) in [5.74, 6) is -0.324. The number of benzene rings is 3. The van der Waals surface area contributed by atoms with Crippen LogP contribution < -0.4 is 14.8 Å². The minimum Gasteiger partial charge on any atom is -0.493 e. The van der Waals surface area contributed by atoms with Gasteiger partial charge in [0, 0.05) is 28.6 Å². The van der Waals surface area contributed by atoms with Gasteiger partial charge in [0.15, 0.2) is 0 Å². The number of halogens is 3. The second-order valence-corrected chi connectivity index (χ2v) is 11.9. The zero-order valence-electron chi connectivity index (χ0n) is 21.5. The van der Waals surface area contributed by atoms with Crippen LogP contribution in [-0.2, 0) is 21.0 Å². The van der Waals surface area contributed by atoms with Crippen LogP contribution in [0.2, 0.25) is 0 Å². The van der Waals surface area contributed by atoms with Crippen molar-refractivity contribution in [2.75, 3.05) is 16.6 Å². The van der Waals surface area contributed by atoms with Crippen LogP contribution in [0.25, 0.3) is 11.6 Å². The zero-order valence-corrected chi connectivity index (χ0v) is 22.3. The van der Waals surface area contributed by atoms with E-state index in [0.717, 1.165) is 24.3 Å². The summed E-state index contributed by atoms with van der Waals surface area (Å²) in [5, 5.41) is 14.1. The van der Waals surface area contributed by atoms with E-state index in [1.54, 1.807) is 0 Å². The smallest absolute Gasteiger partial charge is 0.416 e. The molecule has 0 bridgehead atoms. The first-order valence-corrected chi connectivity index (χ1v) is 13.3. The Kier molecular flexibility index (Phi) is 7.37. The summed E-state index contributed by atoms with van der Waals surface area (Å²) in [6, 6.07) is 11.4. The Labute approximate surface area is 227 Å². The molecule has 0 spiro atoms. The lowest BCUT2D eigenvalue weighted by molar-refractivity contribution is -0.385. The highest BCUT2D eigenvalue weighted by atomic mass is 32.2. The fourth-order valence-electron chi connectivity index (χ4n) is 3.76. The molecule has 4 rings (SSSR count). The van der Waals surface area contributed by atoms with Crippen LogP contribution in [0, 0.1) is 15.5 Å². The zero-order chi connectivity index (χ0) is 29.5. The lowest BCUT2D eigenvalue weighted by Gasteiger charge is -2.19. The Hall–Kier alpha value is -4.39. The number of ether oxygens (including phenoxy) is 1. The van der Waals surface area contributed by atoms with Crippen molar-refractivity contribution in [3.05, 3.63) is 87.5 Å². The summed E-state index contributed by atoms with van der Waals surface area (Å²) in [4.78, 5) is 23.4. The third kappa shape index (κ3) is 6.60. The van der Waals surface area contributed by atoms with Crippen molar-refractivity contribution in [1.29, 1.82) is 0 Å². The van der Waals surface area contributed by atoms with Crippen molar-refractivity contribution < 1.29 is 36.0 Å². The quantitative estimate of drug-likeness (QED) is 0.192. The number of amides is 1. The van der Waals surface area contributed by atoms with Gasteiger partial charge in [0.2, 0.25) is 0 Å². The van der Waals surface area contributed by atoms with E-state index in [1.165, 1.54) is 42.5 Å². The van der Waals surface area contributed by atoms with Crippen molar-refractivity contribution in [3.8, 4) is 5.75 Å². The van der Waals surface area contributed by atoms with Gasteiger partial charge in [-0.1, -0.05) is 20.8 Å². The normalized spacial score (nSPS) is 14.6. The van der Waals surface area contributed by atoms with Gasteiger partial charge in [-0.15, -0.1) is 0 Å². The summed E-state index contributed by atoms with van der Waals surface area (Å²) < 4.78 is 72.4. The maximum atomic E-state index is 13.0. The number of non-ortho nitro benzene ring substituents is 1. The van der Waals surface area contributed by atoms with Crippen LogP contribution in [-0.4, -0.2) is 25.9 Å². The van der Waals surface area contributed by atoms with Crippen LogP contribution in [0.1, 0.15) is 37.5 Å². The number of anilines is 2. The molecule has 1 amide bonds. The second-order valence-electron chi connectivity index (χ2n) is 10.3. The molecule has 0 atom stereocenters. The van der Waals surface area contributed by atoms with E-state index in [9.17, 15) is 36.5 Å². The molecule has 0 saturated heterocycles. The third-order valence-electron chi connectivity index (χ3n) is 5.66. The molecule has 0 radical (unpaired) electrons. The lowest BCUT2D eigenvalue weighted by Crippen LogP contribution is -2.16. The van der Waals surface area contributed by atoms with E-state index in [-0.39, 0.29) is 50.7 Å². The molecular formula is C27H24F3N3O6S. The molecule has 9 nitrogen and oxygen atoms in total. The summed E-state index contributed by atoms with van der Waals surface area (Å²) in [6.07, 6.45) is -3.18. The summed E-state index contributed by atoms with van der Waals surface area (Å²) in [7, 11) is -4.25. The number of hydrogen-bond donors (Lipinski definition) is 2. The Morgan fingerprint density at radius 1 is 1.02 bits per heavy atom. The summed E-state index contributed by atoms with van der Waals surface area (Å²) >= 11 is 0. The molecule has 2 N–H and O–H groups in total. The molecule has 0 aromatic heterocycles. The lowest BCUT2D eigenvalue weighted by atomic mass is 9.98. The molecule has 3 aromatic rings. The maximum Gasteiger partial charge on any atom is 0.416 e. The predicted octanol–water partition coefficient (Wildman–Crippen LogP) is 6.33. The number of nitro groups is 1. The van der Waals surface area contributed by atoms with Crippen molar-refractivity contribution in [3.63, 3.8) is 0 Å². The van der Waals surface area contributed by atoms with E-state index < -0.39 is 32.6 Å². The first-order chi connectivity index (χ1) is 18.5. The minimum atomic E-state index is -4.57. The average molecular weight is 576 g/mol. The first kappa shape index (κ1) is 28.6. The van der Waals surface area contributed by atoms with E-state index in [0.29, 0.717) is 5.69 Å². The predicted molar refractivity (Wildman–Crippen MR) is 143 cm³/mol. The molecular weight excluding hydrogens is 551 g/mol. The molecule has 0 unspecified atom stereocenters. The van der Waals surface area contributed by atoms with Crippen molar-refractivity contribution >= 4 is 44.6 Å². The summed E-state index contributed by atoms with van der Waals surface area (Å²) in [6.45, 7) is 6.09. The van der Waals surface area contributed by atoms with Gasteiger partial charge in [-0.2, -0.15) is 13.2 Å². The number of carbonyl (C=O) groups is 1. The number of alkyl halides is 3. The Morgan fingerprint density at radius 3 is 2.30 bits per heavy atom. The maximum absolute atomic E-state index is 13.0. The molecule has 0 saturated carbocycles. The number of nitro benzene ring substituents is 1. The highest BCUT2D eigenvalue weighted by molar-refractivity contribution is 7.92. The Bertz CT molecular complexity index is 1630. The standard InChI is InChI=1S/C27H24F3N3O6S/c1-26(2,3)15-39-20-11-16(10-19(13-20)33(35)36)12-23-22-14-21(8-9-24(22)31-25(23)34)40(37,38)32-18-6-4-17(5-7-18)27(28,29)30/h4-14,32H,15H2,1-3H3,(H,31,34). The van der Waals surface area contributed by atoms with E-state index in [4.69, 9.17) is 4.74 Å². The number of rotatable bonds is 7. The van der Waals surface area contributed by atoms with Gasteiger partial charge in [-0.05, 0) is 65.6 Å². The second kappa shape index (κ2) is 10.3. The minimum absolute atomic E-state index is 0.0591. The van der Waals surface area contributed by atoms with Crippen molar-refractivity contribution in [2.24, 2.45) is 5.41 Å². The van der Waals surface area contributed by atoms with Crippen LogP contribution in [0.15, 0.2) is 65.6 Å².